The lowest BCUT2D eigenvalue weighted by Gasteiger charge is -2.26. The second-order valence-corrected chi connectivity index (χ2v) is 10.0. The quantitative estimate of drug-likeness (QED) is 0.836. The number of ether oxygens (including phenoxy) is 1. The molecule has 1 amide bonds. The smallest absolute Gasteiger partial charge is 0.255 e. The number of carbonyl (C=O) groups is 1. The van der Waals surface area contributed by atoms with Crippen LogP contribution in [0.3, 0.4) is 0 Å². The van der Waals surface area contributed by atoms with Gasteiger partial charge in [-0.15, -0.1) is 0 Å². The summed E-state index contributed by atoms with van der Waals surface area (Å²) in [4.78, 5) is 13.1. The molecule has 1 N–H and O–H groups in total. The van der Waals surface area contributed by atoms with E-state index in [1.165, 1.54) is 42.8 Å². The van der Waals surface area contributed by atoms with Gasteiger partial charge in [-0.3, -0.25) is 4.79 Å². The number of hydrogen-bond acceptors (Lipinski definition) is 4. The average Bonchev–Trinajstić information content (AvgIpc) is 3.31. The van der Waals surface area contributed by atoms with Crippen LogP contribution >= 0.6 is 0 Å². The highest BCUT2D eigenvalue weighted by Gasteiger charge is 2.40. The fraction of sp³-hybridized carbons (Fsp3) is 0.650. The van der Waals surface area contributed by atoms with Crippen molar-refractivity contribution in [3.8, 4) is 5.75 Å². The molecule has 3 aliphatic rings. The Balaban J connectivity index is 1.58. The van der Waals surface area contributed by atoms with Crippen LogP contribution in [0, 0.1) is 11.8 Å². The van der Waals surface area contributed by atoms with Gasteiger partial charge in [0.25, 0.3) is 5.91 Å². The first-order valence-electron chi connectivity index (χ1n) is 9.98. The monoisotopic (exact) mass is 392 g/mol. The standard InChI is InChI=1S/C20H28N2O4S/c1-26-19-8-7-16(27(24,25)22-9-3-2-4-10-22)13-17(19)20(23)21-18-12-14-5-6-15(18)11-14/h7-8,13-15,18H,2-6,9-12H2,1H3,(H,21,23)/t14-,15-,18-/m0/s1. The molecule has 2 bridgehead atoms. The van der Waals surface area contributed by atoms with Gasteiger partial charge in [-0.1, -0.05) is 12.8 Å². The number of benzene rings is 1. The highest BCUT2D eigenvalue weighted by Crippen LogP contribution is 2.44. The zero-order valence-corrected chi connectivity index (χ0v) is 16.6. The molecule has 7 heteroatoms. The summed E-state index contributed by atoms with van der Waals surface area (Å²) in [5, 5.41) is 3.13. The lowest BCUT2D eigenvalue weighted by Crippen LogP contribution is -2.39. The maximum atomic E-state index is 13.0. The summed E-state index contributed by atoms with van der Waals surface area (Å²) < 4.78 is 32.8. The molecule has 2 saturated carbocycles. The molecule has 0 aromatic heterocycles. The first-order chi connectivity index (χ1) is 13.0. The first kappa shape index (κ1) is 18.7. The van der Waals surface area contributed by atoms with Crippen LogP contribution in [0.2, 0.25) is 0 Å². The number of sulfonamides is 1. The molecule has 27 heavy (non-hydrogen) atoms. The highest BCUT2D eigenvalue weighted by atomic mass is 32.2. The molecule has 3 fully saturated rings. The van der Waals surface area contributed by atoms with Gasteiger partial charge in [-0.2, -0.15) is 4.31 Å². The van der Waals surface area contributed by atoms with Gasteiger partial charge in [-0.25, -0.2) is 8.42 Å². The molecule has 1 aliphatic heterocycles. The minimum atomic E-state index is -3.58. The Kier molecular flexibility index (Phi) is 5.16. The predicted octanol–water partition coefficient (Wildman–Crippen LogP) is 2.79. The van der Waals surface area contributed by atoms with Crippen molar-refractivity contribution in [2.24, 2.45) is 11.8 Å². The zero-order valence-electron chi connectivity index (χ0n) is 15.8. The van der Waals surface area contributed by atoms with E-state index in [1.807, 2.05) is 0 Å². The molecular weight excluding hydrogens is 364 g/mol. The molecule has 2 aliphatic carbocycles. The van der Waals surface area contributed by atoms with Crippen LogP contribution in [0.5, 0.6) is 5.75 Å². The number of nitrogens with zero attached hydrogens (tertiary/aromatic N) is 1. The number of nitrogens with one attached hydrogen (secondary N) is 1. The number of amides is 1. The summed E-state index contributed by atoms with van der Waals surface area (Å²) in [7, 11) is -2.08. The Labute approximate surface area is 161 Å². The van der Waals surface area contributed by atoms with Crippen LogP contribution in [0.4, 0.5) is 0 Å². The minimum absolute atomic E-state index is 0.170. The van der Waals surface area contributed by atoms with E-state index in [-0.39, 0.29) is 16.8 Å². The second kappa shape index (κ2) is 7.43. The number of carbonyl (C=O) groups excluding carboxylic acids is 1. The van der Waals surface area contributed by atoms with Crippen LogP contribution in [-0.2, 0) is 10.0 Å². The fourth-order valence-electron chi connectivity index (χ4n) is 4.95. The Morgan fingerprint density at radius 1 is 1.15 bits per heavy atom. The molecule has 4 rings (SSSR count). The van der Waals surface area contributed by atoms with Gasteiger partial charge < -0.3 is 10.1 Å². The molecule has 6 nitrogen and oxygen atoms in total. The van der Waals surface area contributed by atoms with Crippen LogP contribution in [0.1, 0.15) is 55.3 Å². The van der Waals surface area contributed by atoms with E-state index < -0.39 is 10.0 Å². The summed E-state index contributed by atoms with van der Waals surface area (Å²) in [6.45, 7) is 1.09. The molecule has 0 radical (unpaired) electrons. The van der Waals surface area contributed by atoms with Crippen molar-refractivity contribution in [3.05, 3.63) is 23.8 Å². The Hall–Kier alpha value is -1.60. The third-order valence-electron chi connectivity index (χ3n) is 6.42. The highest BCUT2D eigenvalue weighted by molar-refractivity contribution is 7.89. The molecule has 1 aromatic carbocycles. The summed E-state index contributed by atoms with van der Waals surface area (Å²) in [5.74, 6) is 1.46. The number of fused-ring (bicyclic) bond motifs is 2. The van der Waals surface area contributed by atoms with E-state index in [4.69, 9.17) is 4.74 Å². The Bertz CT molecular complexity index is 817. The Morgan fingerprint density at radius 3 is 2.56 bits per heavy atom. The second-order valence-electron chi connectivity index (χ2n) is 8.08. The zero-order chi connectivity index (χ0) is 19.0. The molecule has 1 heterocycles. The van der Waals surface area contributed by atoms with Gasteiger partial charge in [0.1, 0.15) is 5.75 Å². The molecule has 148 valence electrons. The third kappa shape index (κ3) is 3.59. The van der Waals surface area contributed by atoms with E-state index in [2.05, 4.69) is 5.32 Å². The van der Waals surface area contributed by atoms with E-state index in [0.717, 1.165) is 31.6 Å². The maximum absolute atomic E-state index is 13.0. The van der Waals surface area contributed by atoms with Crippen molar-refractivity contribution in [1.29, 1.82) is 0 Å². The largest absolute Gasteiger partial charge is 0.496 e. The summed E-state index contributed by atoms with van der Waals surface area (Å²) >= 11 is 0. The maximum Gasteiger partial charge on any atom is 0.255 e. The van der Waals surface area contributed by atoms with Gasteiger partial charge in [0, 0.05) is 19.1 Å². The first-order valence-corrected chi connectivity index (χ1v) is 11.4. The van der Waals surface area contributed by atoms with E-state index in [0.29, 0.717) is 30.3 Å². The van der Waals surface area contributed by atoms with E-state index in [9.17, 15) is 13.2 Å². The lowest BCUT2D eigenvalue weighted by molar-refractivity contribution is 0.0919. The third-order valence-corrected chi connectivity index (χ3v) is 8.32. The van der Waals surface area contributed by atoms with Gasteiger partial charge in [0.15, 0.2) is 0 Å². The fourth-order valence-corrected chi connectivity index (χ4v) is 6.49. The van der Waals surface area contributed by atoms with E-state index >= 15 is 0 Å². The van der Waals surface area contributed by atoms with Crippen molar-refractivity contribution in [2.45, 2.75) is 55.9 Å². The summed E-state index contributed by atoms with van der Waals surface area (Å²) in [6, 6.07) is 4.80. The Morgan fingerprint density at radius 2 is 1.93 bits per heavy atom. The topological polar surface area (TPSA) is 75.7 Å². The molecule has 1 aromatic rings. The van der Waals surface area contributed by atoms with Gasteiger partial charge in [0.05, 0.1) is 17.6 Å². The summed E-state index contributed by atoms with van der Waals surface area (Å²) in [5.41, 5.74) is 0.304. The van der Waals surface area contributed by atoms with Crippen LogP contribution in [-0.4, -0.2) is 44.9 Å². The summed E-state index contributed by atoms with van der Waals surface area (Å²) in [6.07, 6.45) is 7.50. The van der Waals surface area contributed by atoms with Crippen molar-refractivity contribution in [1.82, 2.24) is 9.62 Å². The molecule has 1 saturated heterocycles. The average molecular weight is 393 g/mol. The molecule has 0 spiro atoms. The number of piperidine rings is 1. The molecule has 3 atom stereocenters. The minimum Gasteiger partial charge on any atom is -0.496 e. The number of rotatable bonds is 5. The molecular formula is C20H28N2O4S. The predicted molar refractivity (Wildman–Crippen MR) is 102 cm³/mol. The number of methoxy groups -OCH3 is 1. The molecule has 0 unspecified atom stereocenters. The van der Waals surface area contributed by atoms with Crippen LogP contribution in [0.25, 0.3) is 0 Å². The van der Waals surface area contributed by atoms with Crippen molar-refractivity contribution < 1.29 is 17.9 Å². The van der Waals surface area contributed by atoms with E-state index in [1.54, 1.807) is 6.07 Å². The van der Waals surface area contributed by atoms with Crippen molar-refractivity contribution in [3.63, 3.8) is 0 Å². The van der Waals surface area contributed by atoms with Gasteiger partial charge in [0.2, 0.25) is 10.0 Å². The lowest BCUT2D eigenvalue weighted by atomic mass is 9.95. The normalized spacial score (nSPS) is 28.3. The van der Waals surface area contributed by atoms with Crippen molar-refractivity contribution in [2.75, 3.05) is 20.2 Å². The SMILES string of the molecule is COc1ccc(S(=O)(=O)N2CCCCC2)cc1C(=O)N[C@H]1C[C@H]2CC[C@H]1C2. The van der Waals surface area contributed by atoms with Crippen LogP contribution < -0.4 is 10.1 Å². The number of hydrogen-bond donors (Lipinski definition) is 1. The van der Waals surface area contributed by atoms with Gasteiger partial charge in [-0.05, 0) is 62.1 Å². The van der Waals surface area contributed by atoms with Gasteiger partial charge >= 0.3 is 0 Å². The van der Waals surface area contributed by atoms with Crippen molar-refractivity contribution >= 4 is 15.9 Å². The van der Waals surface area contributed by atoms with Crippen LogP contribution in [0.15, 0.2) is 23.1 Å².